The predicted molar refractivity (Wildman–Crippen MR) is 80.0 cm³/mol. The van der Waals surface area contributed by atoms with Crippen molar-refractivity contribution in [2.45, 2.75) is 10.6 Å². The average Bonchev–Trinajstić information content (AvgIpc) is 2.88. The second-order valence-electron chi connectivity index (χ2n) is 3.55. The summed E-state index contributed by atoms with van der Waals surface area (Å²) in [5, 5.41) is 5.35. The second kappa shape index (κ2) is 5.94. The van der Waals surface area contributed by atoms with Crippen LogP contribution in [-0.2, 0) is 5.75 Å². The van der Waals surface area contributed by atoms with Crippen LogP contribution in [0.3, 0.4) is 0 Å². The highest BCUT2D eigenvalue weighted by molar-refractivity contribution is 7.98. The molecule has 0 aliphatic heterocycles. The van der Waals surface area contributed by atoms with Gasteiger partial charge in [-0.2, -0.15) is 0 Å². The molecular formula is C14H15NS2. The number of rotatable bonds is 5. The summed E-state index contributed by atoms with van der Waals surface area (Å²) in [6.45, 7) is 3.87. The topological polar surface area (TPSA) is 12.0 Å². The van der Waals surface area contributed by atoms with E-state index in [1.807, 2.05) is 24.9 Å². The van der Waals surface area contributed by atoms with Gasteiger partial charge in [0.15, 0.2) is 0 Å². The molecule has 17 heavy (non-hydrogen) atoms. The van der Waals surface area contributed by atoms with E-state index in [9.17, 15) is 0 Å². The van der Waals surface area contributed by atoms with Crippen LogP contribution in [0.15, 0.2) is 47.2 Å². The Labute approximate surface area is 111 Å². The Morgan fingerprint density at radius 3 is 2.88 bits per heavy atom. The molecule has 0 aliphatic carbocycles. The lowest BCUT2D eigenvalue weighted by Crippen LogP contribution is -1.93. The first-order valence-electron chi connectivity index (χ1n) is 5.43. The summed E-state index contributed by atoms with van der Waals surface area (Å²) in [6, 6.07) is 10.5. The molecule has 1 heterocycles. The first-order chi connectivity index (χ1) is 8.35. The van der Waals surface area contributed by atoms with Crippen molar-refractivity contribution in [1.29, 1.82) is 0 Å². The zero-order valence-corrected chi connectivity index (χ0v) is 11.4. The Morgan fingerprint density at radius 1 is 1.35 bits per heavy atom. The lowest BCUT2D eigenvalue weighted by molar-refractivity contribution is 1.35. The van der Waals surface area contributed by atoms with Crippen LogP contribution in [0.25, 0.3) is 6.08 Å². The fourth-order valence-electron chi connectivity index (χ4n) is 1.61. The average molecular weight is 261 g/mol. The van der Waals surface area contributed by atoms with Gasteiger partial charge in [0.05, 0.1) is 0 Å². The van der Waals surface area contributed by atoms with Gasteiger partial charge in [0, 0.05) is 28.3 Å². The van der Waals surface area contributed by atoms with Gasteiger partial charge in [0.2, 0.25) is 0 Å². The molecule has 0 radical (unpaired) electrons. The summed E-state index contributed by atoms with van der Waals surface area (Å²) < 4.78 is 0. The summed E-state index contributed by atoms with van der Waals surface area (Å²) in [7, 11) is 1.96. The second-order valence-corrected chi connectivity index (χ2v) is 5.56. The van der Waals surface area contributed by atoms with Gasteiger partial charge in [-0.1, -0.05) is 30.9 Å². The van der Waals surface area contributed by atoms with E-state index >= 15 is 0 Å². The van der Waals surface area contributed by atoms with Crippen LogP contribution in [0, 0.1) is 0 Å². The molecule has 0 aliphatic rings. The highest BCUT2D eigenvalue weighted by Gasteiger charge is 2.06. The molecule has 0 atom stereocenters. The van der Waals surface area contributed by atoms with Crippen molar-refractivity contribution in [3.05, 3.63) is 52.7 Å². The Morgan fingerprint density at radius 2 is 2.24 bits per heavy atom. The summed E-state index contributed by atoms with van der Waals surface area (Å²) in [5.74, 6) is 1.01. The highest BCUT2D eigenvalue weighted by Crippen LogP contribution is 2.34. The molecule has 1 N–H and O–H groups in total. The van der Waals surface area contributed by atoms with Crippen LogP contribution in [0.5, 0.6) is 0 Å². The maximum absolute atomic E-state index is 3.87. The third-order valence-corrected chi connectivity index (χ3v) is 4.73. The Hall–Kier alpha value is -1.19. The monoisotopic (exact) mass is 261 g/mol. The molecule has 1 aromatic heterocycles. The Bertz CT molecular complexity index is 489. The van der Waals surface area contributed by atoms with Gasteiger partial charge in [-0.25, -0.2) is 0 Å². The maximum Gasteiger partial charge on any atom is 0.0482 e. The first-order valence-corrected chi connectivity index (χ1v) is 7.30. The minimum Gasteiger partial charge on any atom is -0.387 e. The normalized spacial score (nSPS) is 10.2. The fraction of sp³-hybridized carbons (Fsp3) is 0.143. The van der Waals surface area contributed by atoms with E-state index in [0.29, 0.717) is 0 Å². The number of anilines is 1. The van der Waals surface area contributed by atoms with Gasteiger partial charge in [0.1, 0.15) is 0 Å². The molecule has 2 rings (SSSR count). The minimum absolute atomic E-state index is 1.01. The minimum atomic E-state index is 1.01. The molecule has 0 unspecified atom stereocenters. The summed E-state index contributed by atoms with van der Waals surface area (Å²) in [4.78, 5) is 2.68. The van der Waals surface area contributed by atoms with Crippen molar-refractivity contribution in [2.75, 3.05) is 12.4 Å². The van der Waals surface area contributed by atoms with Gasteiger partial charge in [-0.3, -0.25) is 0 Å². The molecule has 0 spiro atoms. The van der Waals surface area contributed by atoms with Crippen LogP contribution < -0.4 is 5.32 Å². The first kappa shape index (κ1) is 12.3. The number of hydrogen-bond acceptors (Lipinski definition) is 3. The molecule has 0 saturated heterocycles. The van der Waals surface area contributed by atoms with Crippen molar-refractivity contribution < 1.29 is 0 Å². The predicted octanol–water partition coefficient (Wildman–Crippen LogP) is 4.73. The van der Waals surface area contributed by atoms with Crippen molar-refractivity contribution >= 4 is 34.9 Å². The fourth-order valence-corrected chi connectivity index (χ4v) is 3.58. The van der Waals surface area contributed by atoms with Gasteiger partial charge in [-0.15, -0.1) is 23.1 Å². The Balaban J connectivity index is 2.21. The smallest absolute Gasteiger partial charge is 0.0482 e. The molecule has 1 aromatic carbocycles. The SMILES string of the molecule is C=Cc1cccc(NC)c1SCc1cccs1. The number of thiophene rings is 1. The highest BCUT2D eigenvalue weighted by atomic mass is 32.2. The molecule has 1 nitrogen and oxygen atoms in total. The van der Waals surface area contributed by atoms with Crippen LogP contribution >= 0.6 is 23.1 Å². The van der Waals surface area contributed by atoms with Gasteiger partial charge < -0.3 is 5.32 Å². The number of nitrogens with one attached hydrogen (secondary N) is 1. The van der Waals surface area contributed by atoms with E-state index in [-0.39, 0.29) is 0 Å². The molecule has 0 saturated carbocycles. The van der Waals surface area contributed by atoms with Crippen LogP contribution in [0.2, 0.25) is 0 Å². The van der Waals surface area contributed by atoms with Crippen molar-refractivity contribution in [3.63, 3.8) is 0 Å². The van der Waals surface area contributed by atoms with E-state index in [2.05, 4.69) is 47.6 Å². The lowest BCUT2D eigenvalue weighted by atomic mass is 10.2. The third kappa shape index (κ3) is 2.93. The molecule has 3 heteroatoms. The van der Waals surface area contributed by atoms with Gasteiger partial charge >= 0.3 is 0 Å². The lowest BCUT2D eigenvalue weighted by Gasteiger charge is -2.11. The zero-order chi connectivity index (χ0) is 12.1. The Kier molecular flexibility index (Phi) is 4.29. The van der Waals surface area contributed by atoms with Gasteiger partial charge in [-0.05, 0) is 23.1 Å². The standard InChI is InChI=1S/C14H15NS2/c1-3-11-6-4-8-13(15-2)14(11)17-10-12-7-5-9-16-12/h3-9,15H,1,10H2,2H3. The van der Waals surface area contributed by atoms with E-state index in [4.69, 9.17) is 0 Å². The number of hydrogen-bond donors (Lipinski definition) is 1. The number of thioether (sulfide) groups is 1. The van der Waals surface area contributed by atoms with E-state index in [1.54, 1.807) is 11.3 Å². The van der Waals surface area contributed by atoms with Crippen molar-refractivity contribution in [2.24, 2.45) is 0 Å². The van der Waals surface area contributed by atoms with Crippen LogP contribution in [-0.4, -0.2) is 7.05 Å². The van der Waals surface area contributed by atoms with Crippen molar-refractivity contribution in [3.8, 4) is 0 Å². The summed E-state index contributed by atoms with van der Waals surface area (Å²) >= 11 is 3.66. The van der Waals surface area contributed by atoms with Crippen LogP contribution in [0.4, 0.5) is 5.69 Å². The molecule has 0 bridgehead atoms. The van der Waals surface area contributed by atoms with E-state index in [1.165, 1.54) is 21.0 Å². The molecule has 88 valence electrons. The van der Waals surface area contributed by atoms with E-state index in [0.717, 1.165) is 5.75 Å². The van der Waals surface area contributed by atoms with E-state index < -0.39 is 0 Å². The molecular weight excluding hydrogens is 246 g/mol. The quantitative estimate of drug-likeness (QED) is 0.781. The zero-order valence-electron chi connectivity index (χ0n) is 9.77. The summed E-state index contributed by atoms with van der Waals surface area (Å²) in [5.41, 5.74) is 2.36. The van der Waals surface area contributed by atoms with Crippen LogP contribution in [0.1, 0.15) is 10.4 Å². The maximum atomic E-state index is 3.87. The van der Waals surface area contributed by atoms with Crippen molar-refractivity contribution in [1.82, 2.24) is 0 Å². The molecule has 2 aromatic rings. The largest absolute Gasteiger partial charge is 0.387 e. The van der Waals surface area contributed by atoms with Gasteiger partial charge in [0.25, 0.3) is 0 Å². The number of benzene rings is 1. The summed E-state index contributed by atoms with van der Waals surface area (Å²) in [6.07, 6.45) is 1.91. The molecule has 0 fully saturated rings. The third-order valence-electron chi connectivity index (χ3n) is 2.47. The molecule has 0 amide bonds.